The highest BCUT2D eigenvalue weighted by molar-refractivity contribution is 6.30. The first-order valence-electron chi connectivity index (χ1n) is 8.41. The van der Waals surface area contributed by atoms with E-state index in [2.05, 4.69) is 21.6 Å². The second kappa shape index (κ2) is 6.32. The molecule has 0 bridgehead atoms. The fourth-order valence-corrected chi connectivity index (χ4v) is 3.88. The molecule has 0 unspecified atom stereocenters. The minimum absolute atomic E-state index is 0.106. The van der Waals surface area contributed by atoms with Crippen LogP contribution in [0.3, 0.4) is 0 Å². The van der Waals surface area contributed by atoms with E-state index in [-0.39, 0.29) is 11.5 Å². The number of benzene rings is 2. The predicted molar refractivity (Wildman–Crippen MR) is 96.2 cm³/mol. The fraction of sp³-hybridized carbons (Fsp3) is 0.316. The maximum atomic E-state index is 13.9. The molecule has 0 radical (unpaired) electrons. The van der Waals surface area contributed by atoms with E-state index in [1.54, 1.807) is 12.1 Å². The van der Waals surface area contributed by atoms with E-state index in [9.17, 15) is 9.18 Å². The molecule has 2 aromatic carbocycles. The van der Waals surface area contributed by atoms with E-state index in [4.69, 9.17) is 11.6 Å². The van der Waals surface area contributed by atoms with Crippen molar-refractivity contribution in [2.45, 2.75) is 25.0 Å². The lowest BCUT2D eigenvalue weighted by Crippen LogP contribution is -2.62. The van der Waals surface area contributed by atoms with Gasteiger partial charge in [0.1, 0.15) is 11.5 Å². The molecule has 1 amide bonds. The number of carbonyl (C=O) groups is 1. The molecule has 130 valence electrons. The van der Waals surface area contributed by atoms with Gasteiger partial charge >= 0.3 is 0 Å². The SMILES string of the molecule is O=C1NC2(CCN(Cc3cccc(Cl)c3)CC2)Nc2cccc(F)c21. The van der Waals surface area contributed by atoms with Crippen molar-refractivity contribution >= 4 is 23.2 Å². The second-order valence-corrected chi connectivity index (χ2v) is 7.17. The number of carbonyl (C=O) groups excluding carboxylic acids is 1. The predicted octanol–water partition coefficient (Wildman–Crippen LogP) is 3.63. The zero-order chi connectivity index (χ0) is 17.4. The molecule has 4 nitrogen and oxygen atoms in total. The van der Waals surface area contributed by atoms with Crippen LogP contribution in [0.2, 0.25) is 5.02 Å². The summed E-state index contributed by atoms with van der Waals surface area (Å²) < 4.78 is 13.9. The van der Waals surface area contributed by atoms with Crippen molar-refractivity contribution in [3.63, 3.8) is 0 Å². The number of rotatable bonds is 2. The molecule has 0 aromatic heterocycles. The standard InChI is InChI=1S/C19H19ClFN3O/c20-14-4-1-3-13(11-14)12-24-9-7-19(8-10-24)22-16-6-2-5-15(21)17(16)18(25)23-19/h1-6,11,22H,7-10,12H2,(H,23,25). The Kier molecular flexibility index (Phi) is 4.13. The first kappa shape index (κ1) is 16.4. The van der Waals surface area contributed by atoms with Crippen LogP contribution in [0, 0.1) is 5.82 Å². The molecule has 2 aliphatic rings. The Morgan fingerprint density at radius 1 is 1.12 bits per heavy atom. The zero-order valence-electron chi connectivity index (χ0n) is 13.7. The Labute approximate surface area is 151 Å². The number of amides is 1. The largest absolute Gasteiger partial charge is 0.362 e. The Morgan fingerprint density at radius 3 is 2.64 bits per heavy atom. The highest BCUT2D eigenvalue weighted by atomic mass is 35.5. The van der Waals surface area contributed by atoms with Gasteiger partial charge in [-0.3, -0.25) is 9.69 Å². The van der Waals surface area contributed by atoms with Gasteiger partial charge in [-0.25, -0.2) is 4.39 Å². The number of piperidine rings is 1. The molecule has 2 aliphatic heterocycles. The summed E-state index contributed by atoms with van der Waals surface area (Å²) in [5, 5.41) is 7.08. The van der Waals surface area contributed by atoms with Crippen LogP contribution < -0.4 is 10.6 Å². The maximum absolute atomic E-state index is 13.9. The van der Waals surface area contributed by atoms with Crippen LogP contribution >= 0.6 is 11.6 Å². The zero-order valence-corrected chi connectivity index (χ0v) is 14.4. The highest BCUT2D eigenvalue weighted by Crippen LogP contribution is 2.32. The minimum atomic E-state index is -0.497. The number of halogens is 2. The number of anilines is 1. The molecule has 2 aromatic rings. The topological polar surface area (TPSA) is 44.4 Å². The van der Waals surface area contributed by atoms with Gasteiger partial charge in [-0.2, -0.15) is 0 Å². The molecule has 0 aliphatic carbocycles. The smallest absolute Gasteiger partial charge is 0.258 e. The van der Waals surface area contributed by atoms with Crippen molar-refractivity contribution < 1.29 is 9.18 Å². The lowest BCUT2D eigenvalue weighted by molar-refractivity contribution is 0.0817. The summed E-state index contributed by atoms with van der Waals surface area (Å²) in [6, 6.07) is 12.6. The summed E-state index contributed by atoms with van der Waals surface area (Å²) in [6.07, 6.45) is 1.52. The van der Waals surface area contributed by atoms with Gasteiger partial charge in [-0.15, -0.1) is 0 Å². The van der Waals surface area contributed by atoms with Crippen molar-refractivity contribution in [2.24, 2.45) is 0 Å². The molecule has 0 atom stereocenters. The van der Waals surface area contributed by atoms with Crippen LogP contribution in [0.1, 0.15) is 28.8 Å². The number of likely N-dealkylation sites (tertiary alicyclic amines) is 1. The Bertz CT molecular complexity index is 818. The lowest BCUT2D eigenvalue weighted by Gasteiger charge is -2.46. The Morgan fingerprint density at radius 2 is 1.88 bits per heavy atom. The Balaban J connectivity index is 1.46. The summed E-state index contributed by atoms with van der Waals surface area (Å²) >= 11 is 6.05. The third-order valence-corrected chi connectivity index (χ3v) is 5.21. The average molecular weight is 360 g/mol. The molecule has 1 spiro atoms. The van der Waals surface area contributed by atoms with Crippen molar-refractivity contribution in [3.05, 3.63) is 64.4 Å². The second-order valence-electron chi connectivity index (χ2n) is 6.73. The van der Waals surface area contributed by atoms with E-state index in [0.717, 1.165) is 37.5 Å². The summed E-state index contributed by atoms with van der Waals surface area (Å²) in [6.45, 7) is 2.50. The first-order valence-corrected chi connectivity index (χ1v) is 8.78. The number of hydrogen-bond acceptors (Lipinski definition) is 3. The van der Waals surface area contributed by atoms with Crippen molar-refractivity contribution in [2.75, 3.05) is 18.4 Å². The highest BCUT2D eigenvalue weighted by Gasteiger charge is 2.40. The maximum Gasteiger partial charge on any atom is 0.258 e. The molecule has 1 fully saturated rings. The summed E-state index contributed by atoms with van der Waals surface area (Å²) in [5.41, 5.74) is 1.36. The van der Waals surface area contributed by atoms with Gasteiger partial charge in [-0.1, -0.05) is 29.8 Å². The quantitative estimate of drug-likeness (QED) is 0.860. The number of nitrogens with zero attached hydrogens (tertiary/aromatic N) is 1. The molecule has 1 saturated heterocycles. The molecular formula is C19H19ClFN3O. The molecule has 4 rings (SSSR count). The third-order valence-electron chi connectivity index (χ3n) is 4.97. The molecule has 2 N–H and O–H groups in total. The van der Waals surface area contributed by atoms with E-state index in [0.29, 0.717) is 5.69 Å². The van der Waals surface area contributed by atoms with Gasteiger partial charge in [-0.05, 0) is 29.8 Å². The van der Waals surface area contributed by atoms with Crippen LogP contribution in [0.15, 0.2) is 42.5 Å². The fourth-order valence-electron chi connectivity index (χ4n) is 3.66. The van der Waals surface area contributed by atoms with Crippen LogP contribution in [-0.2, 0) is 6.54 Å². The first-order chi connectivity index (χ1) is 12.0. The van der Waals surface area contributed by atoms with Crippen molar-refractivity contribution in [1.29, 1.82) is 0 Å². The lowest BCUT2D eigenvalue weighted by atomic mass is 9.92. The molecule has 6 heteroatoms. The van der Waals surface area contributed by atoms with Crippen molar-refractivity contribution in [1.82, 2.24) is 10.2 Å². The monoisotopic (exact) mass is 359 g/mol. The van der Waals surface area contributed by atoms with Gasteiger partial charge in [0, 0.05) is 37.5 Å². The summed E-state index contributed by atoms with van der Waals surface area (Å²) in [4.78, 5) is 14.7. The third kappa shape index (κ3) is 3.22. The molecule has 2 heterocycles. The molecular weight excluding hydrogens is 341 g/mol. The normalized spacial score (nSPS) is 19.2. The van der Waals surface area contributed by atoms with E-state index in [1.807, 2.05) is 18.2 Å². The van der Waals surface area contributed by atoms with Gasteiger partial charge in [0.25, 0.3) is 5.91 Å². The summed E-state index contributed by atoms with van der Waals surface area (Å²) in [5.74, 6) is -0.828. The van der Waals surface area contributed by atoms with Gasteiger partial charge in [0.05, 0.1) is 11.3 Å². The van der Waals surface area contributed by atoms with E-state index < -0.39 is 11.5 Å². The van der Waals surface area contributed by atoms with E-state index >= 15 is 0 Å². The molecule has 0 saturated carbocycles. The van der Waals surface area contributed by atoms with Gasteiger partial charge in [0.2, 0.25) is 0 Å². The van der Waals surface area contributed by atoms with Crippen LogP contribution in [0.4, 0.5) is 10.1 Å². The van der Waals surface area contributed by atoms with Gasteiger partial charge in [0.15, 0.2) is 0 Å². The number of hydrogen-bond donors (Lipinski definition) is 2. The minimum Gasteiger partial charge on any atom is -0.362 e. The molecule has 25 heavy (non-hydrogen) atoms. The average Bonchev–Trinajstić information content (AvgIpc) is 2.57. The van der Waals surface area contributed by atoms with E-state index in [1.165, 1.54) is 11.6 Å². The van der Waals surface area contributed by atoms with Crippen molar-refractivity contribution in [3.8, 4) is 0 Å². The number of nitrogens with one attached hydrogen (secondary N) is 2. The number of fused-ring (bicyclic) bond motifs is 1. The van der Waals surface area contributed by atoms with Crippen LogP contribution in [-0.4, -0.2) is 29.6 Å². The Hall–Kier alpha value is -2.11. The van der Waals surface area contributed by atoms with Gasteiger partial charge < -0.3 is 10.6 Å². The van der Waals surface area contributed by atoms with Crippen LogP contribution in [0.5, 0.6) is 0 Å². The van der Waals surface area contributed by atoms with Crippen LogP contribution in [0.25, 0.3) is 0 Å². The summed E-state index contributed by atoms with van der Waals surface area (Å²) in [7, 11) is 0.